The molecule has 8 heteroatoms. The number of hydrogen-bond donors (Lipinski definition) is 1. The van der Waals surface area contributed by atoms with Crippen LogP contribution in [0.15, 0.2) is 84.6 Å². The lowest BCUT2D eigenvalue weighted by Crippen LogP contribution is -2.33. The minimum Gasteiger partial charge on any atom is -0.350 e. The van der Waals surface area contributed by atoms with E-state index in [0.29, 0.717) is 10.5 Å². The summed E-state index contributed by atoms with van der Waals surface area (Å²) in [7, 11) is 0. The minimum absolute atomic E-state index is 0.0326. The first-order valence-corrected chi connectivity index (χ1v) is 9.14. The van der Waals surface area contributed by atoms with Crippen LogP contribution >= 0.6 is 0 Å². The van der Waals surface area contributed by atoms with Gasteiger partial charge in [-0.3, -0.25) is 9.59 Å². The fraction of sp³-hybridized carbons (Fsp3) is 0.0435. The molecule has 156 valence electrons. The molecule has 3 aromatic rings. The van der Waals surface area contributed by atoms with Crippen LogP contribution in [0.1, 0.15) is 11.1 Å². The van der Waals surface area contributed by atoms with E-state index in [2.05, 4.69) is 5.32 Å². The van der Waals surface area contributed by atoms with Gasteiger partial charge in [-0.1, -0.05) is 48.5 Å². The first-order valence-electron chi connectivity index (χ1n) is 9.14. The molecule has 0 saturated heterocycles. The zero-order valence-electron chi connectivity index (χ0n) is 15.8. The van der Waals surface area contributed by atoms with Gasteiger partial charge in [-0.2, -0.15) is 13.2 Å². The first kappa shape index (κ1) is 20.3. The fourth-order valence-corrected chi connectivity index (χ4v) is 3.29. The Hall–Kier alpha value is -3.94. The maximum Gasteiger partial charge on any atom is 0.416 e. The van der Waals surface area contributed by atoms with Crippen LogP contribution in [0.4, 0.5) is 28.9 Å². The Balaban J connectivity index is 1.82. The van der Waals surface area contributed by atoms with Crippen molar-refractivity contribution in [2.75, 3.05) is 10.2 Å². The molecule has 4 rings (SSSR count). The molecule has 0 fully saturated rings. The summed E-state index contributed by atoms with van der Waals surface area (Å²) in [4.78, 5) is 27.0. The van der Waals surface area contributed by atoms with Crippen LogP contribution in [0.3, 0.4) is 0 Å². The van der Waals surface area contributed by atoms with Crippen molar-refractivity contribution < 1.29 is 27.2 Å². The molecule has 0 aromatic heterocycles. The highest BCUT2D eigenvalue weighted by molar-refractivity contribution is 6.46. The Morgan fingerprint density at radius 1 is 0.774 bits per heavy atom. The van der Waals surface area contributed by atoms with Crippen molar-refractivity contribution in [1.82, 2.24) is 0 Å². The molecule has 0 radical (unpaired) electrons. The van der Waals surface area contributed by atoms with Crippen molar-refractivity contribution in [2.45, 2.75) is 6.18 Å². The van der Waals surface area contributed by atoms with Gasteiger partial charge in [0.15, 0.2) is 0 Å². The summed E-state index contributed by atoms with van der Waals surface area (Å²) >= 11 is 0. The van der Waals surface area contributed by atoms with E-state index >= 15 is 0 Å². The Bertz CT molecular complexity index is 1200. The molecule has 4 nitrogen and oxygen atoms in total. The number of nitrogens with zero attached hydrogens (tertiary/aromatic N) is 1. The van der Waals surface area contributed by atoms with Crippen molar-refractivity contribution in [2.24, 2.45) is 0 Å². The maximum absolute atomic E-state index is 14.3. The number of alkyl halides is 3. The van der Waals surface area contributed by atoms with Crippen LogP contribution in [-0.4, -0.2) is 11.8 Å². The second kappa shape index (κ2) is 7.71. The summed E-state index contributed by atoms with van der Waals surface area (Å²) in [5.41, 5.74) is -1.12. The number of rotatable bonds is 4. The van der Waals surface area contributed by atoms with Crippen LogP contribution < -0.4 is 10.2 Å². The van der Waals surface area contributed by atoms with Gasteiger partial charge in [-0.05, 0) is 35.9 Å². The van der Waals surface area contributed by atoms with Gasteiger partial charge in [0.05, 0.1) is 16.8 Å². The van der Waals surface area contributed by atoms with Crippen LogP contribution in [0.5, 0.6) is 0 Å². The normalized spacial score (nSPS) is 14.4. The molecule has 0 atom stereocenters. The number of halogens is 4. The SMILES string of the molecule is O=C1C(Nc2cccc(C(F)(F)F)c2)=C(c2ccccc2)C(=O)N1c1ccccc1F. The average molecular weight is 426 g/mol. The van der Waals surface area contributed by atoms with E-state index in [4.69, 9.17) is 0 Å². The van der Waals surface area contributed by atoms with Crippen molar-refractivity contribution in [3.63, 3.8) is 0 Å². The summed E-state index contributed by atoms with van der Waals surface area (Å²) in [5.74, 6) is -2.43. The van der Waals surface area contributed by atoms with Crippen molar-refractivity contribution in [3.8, 4) is 0 Å². The van der Waals surface area contributed by atoms with Gasteiger partial charge in [-0.25, -0.2) is 9.29 Å². The summed E-state index contributed by atoms with van der Waals surface area (Å²) in [6.45, 7) is 0. The predicted molar refractivity (Wildman–Crippen MR) is 107 cm³/mol. The molecule has 0 spiro atoms. The second-order valence-corrected chi connectivity index (χ2v) is 6.72. The lowest BCUT2D eigenvalue weighted by molar-refractivity contribution is -0.137. The van der Waals surface area contributed by atoms with E-state index < -0.39 is 29.4 Å². The van der Waals surface area contributed by atoms with E-state index in [1.54, 1.807) is 30.3 Å². The number of benzene rings is 3. The Labute approximate surface area is 174 Å². The van der Waals surface area contributed by atoms with E-state index in [-0.39, 0.29) is 22.6 Å². The third kappa shape index (κ3) is 3.79. The Kier molecular flexibility index (Phi) is 5.06. The van der Waals surface area contributed by atoms with Gasteiger partial charge in [0.25, 0.3) is 11.8 Å². The molecule has 1 aliphatic heterocycles. The van der Waals surface area contributed by atoms with E-state index in [1.165, 1.54) is 30.3 Å². The number of nitrogens with one attached hydrogen (secondary N) is 1. The number of amides is 2. The van der Waals surface area contributed by atoms with E-state index in [9.17, 15) is 27.2 Å². The number of carbonyl (C=O) groups excluding carboxylic acids is 2. The lowest BCUT2D eigenvalue weighted by atomic mass is 10.0. The van der Waals surface area contributed by atoms with Crippen LogP contribution in [0.2, 0.25) is 0 Å². The molecule has 0 unspecified atom stereocenters. The lowest BCUT2D eigenvalue weighted by Gasteiger charge is -2.16. The summed E-state index contributed by atoms with van der Waals surface area (Å²) in [6, 6.07) is 17.7. The smallest absolute Gasteiger partial charge is 0.350 e. The van der Waals surface area contributed by atoms with Gasteiger partial charge in [0, 0.05) is 5.69 Å². The fourth-order valence-electron chi connectivity index (χ4n) is 3.29. The third-order valence-electron chi connectivity index (χ3n) is 4.70. The molecule has 1 heterocycles. The van der Waals surface area contributed by atoms with Crippen molar-refractivity contribution in [1.29, 1.82) is 0 Å². The molecule has 0 bridgehead atoms. The standard InChI is InChI=1S/C23H14F4N2O2/c24-17-11-4-5-12-18(17)29-21(30)19(14-7-2-1-3-8-14)20(22(29)31)28-16-10-6-9-15(13-16)23(25,26)27/h1-13,28H. The van der Waals surface area contributed by atoms with Crippen LogP contribution in [-0.2, 0) is 15.8 Å². The van der Waals surface area contributed by atoms with E-state index in [1.807, 2.05) is 0 Å². The number of carbonyl (C=O) groups is 2. The van der Waals surface area contributed by atoms with Crippen molar-refractivity contribution >= 4 is 28.8 Å². The number of para-hydroxylation sites is 1. The van der Waals surface area contributed by atoms with Gasteiger partial charge >= 0.3 is 6.18 Å². The largest absolute Gasteiger partial charge is 0.416 e. The Morgan fingerprint density at radius 2 is 1.45 bits per heavy atom. The molecule has 2 amide bonds. The predicted octanol–water partition coefficient (Wildman–Crippen LogP) is 5.24. The Morgan fingerprint density at radius 3 is 2.13 bits per heavy atom. The number of anilines is 2. The maximum atomic E-state index is 14.3. The molecular weight excluding hydrogens is 412 g/mol. The average Bonchev–Trinajstić information content (AvgIpc) is 2.98. The molecule has 31 heavy (non-hydrogen) atoms. The monoisotopic (exact) mass is 426 g/mol. The summed E-state index contributed by atoms with van der Waals surface area (Å²) in [6.07, 6.45) is -4.58. The molecule has 1 aliphatic rings. The molecule has 3 aromatic carbocycles. The van der Waals surface area contributed by atoms with Gasteiger partial charge < -0.3 is 5.32 Å². The quantitative estimate of drug-likeness (QED) is 0.459. The molecule has 1 N–H and O–H groups in total. The van der Waals surface area contributed by atoms with Crippen LogP contribution in [0, 0.1) is 5.82 Å². The zero-order valence-corrected chi connectivity index (χ0v) is 15.8. The molecular formula is C23H14F4N2O2. The summed E-state index contributed by atoms with van der Waals surface area (Å²) < 4.78 is 53.6. The number of imide groups is 1. The first-order chi connectivity index (χ1) is 14.8. The summed E-state index contributed by atoms with van der Waals surface area (Å²) in [5, 5.41) is 2.65. The minimum atomic E-state index is -4.58. The topological polar surface area (TPSA) is 49.4 Å². The van der Waals surface area contributed by atoms with Crippen LogP contribution in [0.25, 0.3) is 5.57 Å². The highest BCUT2D eigenvalue weighted by Gasteiger charge is 2.41. The van der Waals surface area contributed by atoms with Gasteiger partial charge in [0.1, 0.15) is 11.5 Å². The third-order valence-corrected chi connectivity index (χ3v) is 4.70. The zero-order chi connectivity index (χ0) is 22.2. The highest BCUT2D eigenvalue weighted by atomic mass is 19.4. The van der Waals surface area contributed by atoms with E-state index in [0.717, 1.165) is 18.2 Å². The van der Waals surface area contributed by atoms with Gasteiger partial charge in [0.2, 0.25) is 0 Å². The highest BCUT2D eigenvalue weighted by Crippen LogP contribution is 2.36. The molecule has 0 aliphatic carbocycles. The second-order valence-electron chi connectivity index (χ2n) is 6.72. The van der Waals surface area contributed by atoms with Gasteiger partial charge in [-0.15, -0.1) is 0 Å². The van der Waals surface area contributed by atoms with Crippen molar-refractivity contribution in [3.05, 3.63) is 102 Å². The molecule has 0 saturated carbocycles. The number of hydrogen-bond acceptors (Lipinski definition) is 3.